The topological polar surface area (TPSA) is 17.8 Å². The van der Waals surface area contributed by atoms with E-state index in [9.17, 15) is 0 Å². The Hall–Kier alpha value is -4.47. The first-order chi connectivity index (χ1) is 21.1. The number of benzene rings is 5. The molecule has 0 aliphatic rings. The molecule has 7 rings (SSSR count). The van der Waals surface area contributed by atoms with Crippen LogP contribution in [0.2, 0.25) is 0 Å². The highest BCUT2D eigenvalue weighted by Crippen LogP contribution is 2.45. The minimum atomic E-state index is -0.0280. The molecule has 0 saturated heterocycles. The number of hydrogen-bond acceptors (Lipinski definition) is 2. The van der Waals surface area contributed by atoms with E-state index in [2.05, 4.69) is 167 Å². The van der Waals surface area contributed by atoms with Gasteiger partial charge in [-0.3, -0.25) is 4.57 Å². The van der Waals surface area contributed by atoms with Crippen molar-refractivity contribution < 1.29 is 0 Å². The molecule has 3 heteroatoms. The highest BCUT2D eigenvalue weighted by molar-refractivity contribution is 7.17. The maximum atomic E-state index is 5.36. The van der Waals surface area contributed by atoms with Crippen molar-refractivity contribution >= 4 is 32.5 Å². The molecule has 0 amide bonds. The third-order valence-corrected chi connectivity index (χ3v) is 9.56. The van der Waals surface area contributed by atoms with Crippen LogP contribution in [0.1, 0.15) is 52.7 Å². The van der Waals surface area contributed by atoms with E-state index in [1.807, 2.05) is 0 Å². The Morgan fingerprint density at radius 1 is 0.568 bits per heavy atom. The lowest BCUT2D eigenvalue weighted by Gasteiger charge is -2.26. The number of imidazole rings is 1. The van der Waals surface area contributed by atoms with Gasteiger partial charge in [-0.25, -0.2) is 4.98 Å². The summed E-state index contributed by atoms with van der Waals surface area (Å²) in [6.07, 6.45) is 0. The molecule has 218 valence electrons. The molecular weight excluding hydrogens is 553 g/mol. The lowest BCUT2D eigenvalue weighted by atomic mass is 9.82. The monoisotopic (exact) mass is 590 g/mol. The minimum absolute atomic E-state index is 0.0280. The Kier molecular flexibility index (Phi) is 6.82. The molecule has 2 aromatic heterocycles. The van der Waals surface area contributed by atoms with Gasteiger partial charge in [0.25, 0.3) is 0 Å². The van der Waals surface area contributed by atoms with Crippen LogP contribution in [0.5, 0.6) is 0 Å². The number of nitrogens with zero attached hydrogens (tertiary/aromatic N) is 2. The van der Waals surface area contributed by atoms with Crippen LogP contribution in [0, 0.1) is 0 Å². The van der Waals surface area contributed by atoms with Crippen molar-refractivity contribution in [3.63, 3.8) is 0 Å². The van der Waals surface area contributed by atoms with E-state index >= 15 is 0 Å². The van der Waals surface area contributed by atoms with Crippen molar-refractivity contribution in [2.24, 2.45) is 0 Å². The molecule has 0 N–H and O–H groups in total. The second-order valence-corrected chi connectivity index (χ2v) is 14.7. The summed E-state index contributed by atoms with van der Waals surface area (Å²) in [5.41, 5.74) is 11.9. The minimum Gasteiger partial charge on any atom is -0.291 e. The fourth-order valence-corrected chi connectivity index (χ4v) is 7.06. The SMILES string of the molecule is CC(C)(C)c1cc(-c2ccccc2)c(-n2c(-c3csc4cc(C(C)(C)C)ccc34)nc3ccccc32)c(-c2ccccc2)c1. The maximum Gasteiger partial charge on any atom is 0.147 e. The smallest absolute Gasteiger partial charge is 0.147 e. The van der Waals surface area contributed by atoms with E-state index in [0.29, 0.717) is 0 Å². The van der Waals surface area contributed by atoms with Crippen molar-refractivity contribution in [1.82, 2.24) is 9.55 Å². The van der Waals surface area contributed by atoms with Crippen molar-refractivity contribution in [1.29, 1.82) is 0 Å². The number of aromatic nitrogens is 2. The first kappa shape index (κ1) is 28.3. The molecule has 2 heterocycles. The molecular formula is C41H38N2S. The van der Waals surface area contributed by atoms with E-state index in [4.69, 9.17) is 4.98 Å². The fraction of sp³-hybridized carbons (Fsp3) is 0.195. The summed E-state index contributed by atoms with van der Waals surface area (Å²) in [6, 6.07) is 41.9. The van der Waals surface area contributed by atoms with Gasteiger partial charge in [0.05, 0.1) is 16.7 Å². The Morgan fingerprint density at radius 3 is 1.73 bits per heavy atom. The van der Waals surface area contributed by atoms with Crippen LogP contribution in [0.15, 0.2) is 121 Å². The molecule has 0 aliphatic carbocycles. The summed E-state index contributed by atoms with van der Waals surface area (Å²) < 4.78 is 3.71. The van der Waals surface area contributed by atoms with Crippen molar-refractivity contribution in [2.75, 3.05) is 0 Å². The van der Waals surface area contributed by atoms with Crippen molar-refractivity contribution in [3.05, 3.63) is 132 Å². The predicted molar refractivity (Wildman–Crippen MR) is 190 cm³/mol. The Balaban J connectivity index is 1.62. The predicted octanol–water partition coefficient (Wildman–Crippen LogP) is 11.8. The van der Waals surface area contributed by atoms with E-state index in [-0.39, 0.29) is 10.8 Å². The van der Waals surface area contributed by atoms with Gasteiger partial charge in [0.1, 0.15) is 5.82 Å². The van der Waals surface area contributed by atoms with Crippen LogP contribution in [0.3, 0.4) is 0 Å². The van der Waals surface area contributed by atoms with Gasteiger partial charge in [0.15, 0.2) is 0 Å². The van der Waals surface area contributed by atoms with Crippen LogP contribution < -0.4 is 0 Å². The number of rotatable bonds is 4. The van der Waals surface area contributed by atoms with E-state index in [1.54, 1.807) is 11.3 Å². The first-order valence-electron chi connectivity index (χ1n) is 15.4. The average Bonchev–Trinajstić information content (AvgIpc) is 3.61. The van der Waals surface area contributed by atoms with Gasteiger partial charge in [0, 0.05) is 32.2 Å². The quantitative estimate of drug-likeness (QED) is 0.199. The van der Waals surface area contributed by atoms with Crippen molar-refractivity contribution in [3.8, 4) is 39.3 Å². The largest absolute Gasteiger partial charge is 0.291 e. The second-order valence-electron chi connectivity index (χ2n) is 13.8. The van der Waals surface area contributed by atoms with Gasteiger partial charge >= 0.3 is 0 Å². The summed E-state index contributed by atoms with van der Waals surface area (Å²) in [4.78, 5) is 5.36. The standard InChI is InChI=1S/C41H38N2S/c1-40(2,3)29-21-22-31-34(26-44-37(31)25-29)39-42-35-19-13-14-20-36(35)43(39)38-32(27-15-9-7-10-16-27)23-30(41(4,5)6)24-33(38)28-17-11-8-12-18-28/h7-26H,1-6H3. The van der Waals surface area contributed by atoms with Crippen LogP contribution >= 0.6 is 11.3 Å². The van der Waals surface area contributed by atoms with Gasteiger partial charge in [-0.15, -0.1) is 11.3 Å². The summed E-state index contributed by atoms with van der Waals surface area (Å²) in [5, 5.41) is 3.54. The van der Waals surface area contributed by atoms with E-state index < -0.39 is 0 Å². The Bertz CT molecular complexity index is 2060. The molecule has 44 heavy (non-hydrogen) atoms. The molecule has 0 atom stereocenters. The molecule has 5 aromatic carbocycles. The van der Waals surface area contributed by atoms with Gasteiger partial charge in [-0.05, 0) is 63.4 Å². The Morgan fingerprint density at radius 2 is 1.14 bits per heavy atom. The average molecular weight is 591 g/mol. The molecule has 0 spiro atoms. The van der Waals surface area contributed by atoms with Crippen LogP contribution in [-0.2, 0) is 10.8 Å². The second kappa shape index (κ2) is 10.6. The van der Waals surface area contributed by atoms with Crippen LogP contribution in [-0.4, -0.2) is 9.55 Å². The lowest BCUT2D eigenvalue weighted by Crippen LogP contribution is -2.13. The van der Waals surface area contributed by atoms with Gasteiger partial charge in [-0.2, -0.15) is 0 Å². The number of hydrogen-bond donors (Lipinski definition) is 0. The van der Waals surface area contributed by atoms with Gasteiger partial charge in [0.2, 0.25) is 0 Å². The number of thiophene rings is 1. The normalized spacial score (nSPS) is 12.3. The van der Waals surface area contributed by atoms with E-state index in [1.165, 1.54) is 49.0 Å². The number of fused-ring (bicyclic) bond motifs is 2. The molecule has 0 fully saturated rings. The first-order valence-corrected chi connectivity index (χ1v) is 16.3. The third kappa shape index (κ3) is 4.96. The lowest BCUT2D eigenvalue weighted by molar-refractivity contribution is 0.590. The zero-order valence-corrected chi connectivity index (χ0v) is 27.2. The van der Waals surface area contributed by atoms with Crippen LogP contribution in [0.25, 0.3) is 60.4 Å². The zero-order valence-electron chi connectivity index (χ0n) is 26.3. The molecule has 2 nitrogen and oxygen atoms in total. The summed E-state index contributed by atoms with van der Waals surface area (Å²) >= 11 is 1.81. The molecule has 7 aromatic rings. The maximum absolute atomic E-state index is 5.36. The van der Waals surface area contributed by atoms with Crippen molar-refractivity contribution in [2.45, 2.75) is 52.4 Å². The van der Waals surface area contributed by atoms with E-state index in [0.717, 1.165) is 22.5 Å². The van der Waals surface area contributed by atoms with Gasteiger partial charge < -0.3 is 0 Å². The fourth-order valence-electron chi connectivity index (χ4n) is 6.08. The molecule has 0 aliphatic heterocycles. The highest BCUT2D eigenvalue weighted by Gasteiger charge is 2.26. The molecule has 0 saturated carbocycles. The third-order valence-electron chi connectivity index (χ3n) is 8.61. The molecule has 0 unspecified atom stereocenters. The Labute approximate surface area is 264 Å². The summed E-state index contributed by atoms with van der Waals surface area (Å²) in [7, 11) is 0. The molecule has 0 bridgehead atoms. The molecule has 0 radical (unpaired) electrons. The summed E-state index contributed by atoms with van der Waals surface area (Å²) in [6.45, 7) is 13.7. The zero-order chi connectivity index (χ0) is 30.6. The summed E-state index contributed by atoms with van der Waals surface area (Å²) in [5.74, 6) is 0.971. The number of para-hydroxylation sites is 2. The van der Waals surface area contributed by atoms with Gasteiger partial charge in [-0.1, -0.05) is 126 Å². The van der Waals surface area contributed by atoms with Crippen LogP contribution in [0.4, 0.5) is 0 Å². The highest BCUT2D eigenvalue weighted by atomic mass is 32.1.